The molecule has 0 aliphatic heterocycles. The lowest BCUT2D eigenvalue weighted by molar-refractivity contribution is -0.384. The third-order valence-corrected chi connectivity index (χ3v) is 4.60. The van der Waals surface area contributed by atoms with Crippen molar-refractivity contribution in [3.63, 3.8) is 0 Å². The number of hydrogen-bond acceptors (Lipinski definition) is 4. The predicted molar refractivity (Wildman–Crippen MR) is 107 cm³/mol. The molecule has 29 heavy (non-hydrogen) atoms. The van der Waals surface area contributed by atoms with Crippen LogP contribution in [-0.2, 0) is 11.3 Å². The van der Waals surface area contributed by atoms with Gasteiger partial charge >= 0.3 is 0 Å². The second-order valence-electron chi connectivity index (χ2n) is 6.45. The smallest absolute Gasteiger partial charge is 0.270 e. The molecule has 1 N–H and O–H groups in total. The van der Waals surface area contributed by atoms with E-state index in [4.69, 9.17) is 0 Å². The number of halogens is 1. The summed E-state index contributed by atoms with van der Waals surface area (Å²) < 4.78 is 14.7. The average molecular weight is 391 g/mol. The van der Waals surface area contributed by atoms with Crippen LogP contribution in [0.1, 0.15) is 0 Å². The highest BCUT2D eigenvalue weighted by Crippen LogP contribution is 2.23. The SMILES string of the molecule is O=C(Cn1c2ccccc2c(=O)c2cc([N+](=O)[O-])ccc21)Nc1ccc(F)cc1. The lowest BCUT2D eigenvalue weighted by Gasteiger charge is -2.15. The van der Waals surface area contributed by atoms with Gasteiger partial charge in [-0.05, 0) is 42.5 Å². The number of nitro benzene ring substituents is 1. The van der Waals surface area contributed by atoms with Crippen LogP contribution in [0.15, 0.2) is 71.5 Å². The minimum Gasteiger partial charge on any atom is -0.331 e. The Bertz CT molecular complexity index is 1330. The fourth-order valence-corrected chi connectivity index (χ4v) is 3.28. The lowest BCUT2D eigenvalue weighted by atomic mass is 10.1. The zero-order valence-corrected chi connectivity index (χ0v) is 15.0. The molecule has 1 heterocycles. The molecule has 0 saturated heterocycles. The summed E-state index contributed by atoms with van der Waals surface area (Å²) in [6, 6.07) is 16.1. The molecule has 0 bridgehead atoms. The van der Waals surface area contributed by atoms with E-state index in [0.29, 0.717) is 22.1 Å². The summed E-state index contributed by atoms with van der Waals surface area (Å²) in [5.41, 5.74) is 0.838. The van der Waals surface area contributed by atoms with E-state index in [-0.39, 0.29) is 29.0 Å². The first-order valence-electron chi connectivity index (χ1n) is 8.69. The van der Waals surface area contributed by atoms with Crippen molar-refractivity contribution in [3.05, 3.63) is 92.9 Å². The van der Waals surface area contributed by atoms with Crippen LogP contribution in [0.5, 0.6) is 0 Å². The molecule has 0 aliphatic carbocycles. The number of carbonyl (C=O) groups is 1. The Kier molecular flexibility index (Phi) is 4.52. The molecule has 1 amide bonds. The second kappa shape index (κ2) is 7.16. The molecule has 0 unspecified atom stereocenters. The summed E-state index contributed by atoms with van der Waals surface area (Å²) in [5.74, 6) is -0.799. The van der Waals surface area contributed by atoms with E-state index in [1.807, 2.05) is 0 Å². The van der Waals surface area contributed by atoms with E-state index >= 15 is 0 Å². The minimum atomic E-state index is -0.570. The van der Waals surface area contributed by atoms with Gasteiger partial charge in [0, 0.05) is 23.2 Å². The van der Waals surface area contributed by atoms with Crippen molar-refractivity contribution in [2.75, 3.05) is 5.32 Å². The molecular weight excluding hydrogens is 377 g/mol. The Morgan fingerprint density at radius 2 is 1.69 bits per heavy atom. The molecule has 0 atom stereocenters. The number of non-ortho nitro benzene ring substituents is 1. The third kappa shape index (κ3) is 3.43. The van der Waals surface area contributed by atoms with Gasteiger partial charge in [-0.25, -0.2) is 4.39 Å². The van der Waals surface area contributed by atoms with Crippen molar-refractivity contribution in [3.8, 4) is 0 Å². The zero-order valence-electron chi connectivity index (χ0n) is 15.0. The first kappa shape index (κ1) is 18.3. The Morgan fingerprint density at radius 1 is 1.00 bits per heavy atom. The van der Waals surface area contributed by atoms with Crippen molar-refractivity contribution in [1.82, 2.24) is 4.57 Å². The second-order valence-corrected chi connectivity index (χ2v) is 6.45. The fourth-order valence-electron chi connectivity index (χ4n) is 3.28. The molecule has 144 valence electrons. The summed E-state index contributed by atoms with van der Waals surface area (Å²) >= 11 is 0. The van der Waals surface area contributed by atoms with Gasteiger partial charge in [0.25, 0.3) is 5.69 Å². The van der Waals surface area contributed by atoms with E-state index in [0.717, 1.165) is 0 Å². The highest BCUT2D eigenvalue weighted by molar-refractivity contribution is 5.97. The van der Waals surface area contributed by atoms with Gasteiger partial charge in [-0.3, -0.25) is 19.7 Å². The van der Waals surface area contributed by atoms with Crippen molar-refractivity contribution in [1.29, 1.82) is 0 Å². The summed E-state index contributed by atoms with van der Waals surface area (Å²) in [6.45, 7) is -0.132. The molecule has 1 aromatic heterocycles. The Hall–Kier alpha value is -4.07. The number of nitrogens with zero attached hydrogens (tertiary/aromatic N) is 2. The van der Waals surface area contributed by atoms with E-state index in [1.165, 1.54) is 42.5 Å². The number of benzene rings is 3. The molecule has 4 aromatic rings. The van der Waals surface area contributed by atoms with Crippen LogP contribution in [0.4, 0.5) is 15.8 Å². The van der Waals surface area contributed by atoms with Crippen molar-refractivity contribution in [2.24, 2.45) is 0 Å². The number of para-hydroxylation sites is 1. The number of fused-ring (bicyclic) bond motifs is 2. The third-order valence-electron chi connectivity index (χ3n) is 4.60. The maximum absolute atomic E-state index is 13.1. The molecule has 3 aromatic carbocycles. The highest BCUT2D eigenvalue weighted by Gasteiger charge is 2.16. The fraction of sp³-hybridized carbons (Fsp3) is 0.0476. The van der Waals surface area contributed by atoms with Gasteiger partial charge in [0.2, 0.25) is 5.91 Å². The van der Waals surface area contributed by atoms with Crippen molar-refractivity contribution < 1.29 is 14.1 Å². The maximum atomic E-state index is 13.1. The van der Waals surface area contributed by atoms with Crippen molar-refractivity contribution >= 4 is 39.1 Å². The van der Waals surface area contributed by atoms with Gasteiger partial charge < -0.3 is 9.88 Å². The molecular formula is C21H14FN3O4. The number of pyridine rings is 1. The van der Waals surface area contributed by atoms with Crippen LogP contribution in [0.2, 0.25) is 0 Å². The quantitative estimate of drug-likeness (QED) is 0.325. The van der Waals surface area contributed by atoms with Gasteiger partial charge in [-0.15, -0.1) is 0 Å². The van der Waals surface area contributed by atoms with E-state index in [1.54, 1.807) is 28.8 Å². The summed E-state index contributed by atoms with van der Waals surface area (Å²) in [6.07, 6.45) is 0. The highest BCUT2D eigenvalue weighted by atomic mass is 19.1. The molecule has 0 radical (unpaired) electrons. The van der Waals surface area contributed by atoms with E-state index in [2.05, 4.69) is 5.32 Å². The van der Waals surface area contributed by atoms with E-state index < -0.39 is 10.7 Å². The van der Waals surface area contributed by atoms with Crippen LogP contribution >= 0.6 is 0 Å². The zero-order chi connectivity index (χ0) is 20.5. The molecule has 0 aliphatic rings. The number of aromatic nitrogens is 1. The standard InChI is InChI=1S/C21H14FN3O4/c22-13-5-7-14(8-6-13)23-20(26)12-24-18-4-2-1-3-16(18)21(27)17-11-15(25(28)29)9-10-19(17)24/h1-11H,12H2,(H,23,26). The van der Waals surface area contributed by atoms with Crippen LogP contribution in [-0.4, -0.2) is 15.4 Å². The number of anilines is 1. The Labute approximate surface area is 163 Å². The normalized spacial score (nSPS) is 10.9. The van der Waals surface area contributed by atoms with Gasteiger partial charge in [-0.1, -0.05) is 12.1 Å². The first-order chi connectivity index (χ1) is 13.9. The number of nitrogens with one attached hydrogen (secondary N) is 1. The Morgan fingerprint density at radius 3 is 2.41 bits per heavy atom. The summed E-state index contributed by atoms with van der Waals surface area (Å²) in [7, 11) is 0. The van der Waals surface area contributed by atoms with Gasteiger partial charge in [-0.2, -0.15) is 0 Å². The first-order valence-corrected chi connectivity index (χ1v) is 8.69. The molecule has 0 fully saturated rings. The predicted octanol–water partition coefficient (Wildman–Crippen LogP) is 3.84. The minimum absolute atomic E-state index is 0.132. The monoisotopic (exact) mass is 391 g/mol. The summed E-state index contributed by atoms with van der Waals surface area (Å²) in [5, 5.41) is 14.3. The molecule has 7 nitrogen and oxygen atoms in total. The number of hydrogen-bond donors (Lipinski definition) is 1. The number of nitro groups is 1. The van der Waals surface area contributed by atoms with Gasteiger partial charge in [0.05, 0.1) is 21.3 Å². The molecule has 8 heteroatoms. The molecule has 4 rings (SSSR count). The van der Waals surface area contributed by atoms with Crippen molar-refractivity contribution in [2.45, 2.75) is 6.54 Å². The van der Waals surface area contributed by atoms with Crippen LogP contribution in [0.25, 0.3) is 21.8 Å². The number of carbonyl (C=O) groups excluding carboxylic acids is 1. The molecule has 0 spiro atoms. The van der Waals surface area contributed by atoms with Crippen LogP contribution < -0.4 is 10.7 Å². The van der Waals surface area contributed by atoms with Gasteiger partial charge in [0.15, 0.2) is 5.43 Å². The van der Waals surface area contributed by atoms with Crippen LogP contribution in [0.3, 0.4) is 0 Å². The Balaban J connectivity index is 1.84. The average Bonchev–Trinajstić information content (AvgIpc) is 2.72. The summed E-state index contributed by atoms with van der Waals surface area (Å²) in [4.78, 5) is 36.0. The number of rotatable bonds is 4. The van der Waals surface area contributed by atoms with E-state index in [9.17, 15) is 24.1 Å². The van der Waals surface area contributed by atoms with Crippen LogP contribution in [0, 0.1) is 15.9 Å². The largest absolute Gasteiger partial charge is 0.331 e. The topological polar surface area (TPSA) is 94.2 Å². The maximum Gasteiger partial charge on any atom is 0.270 e. The number of amides is 1. The lowest BCUT2D eigenvalue weighted by Crippen LogP contribution is -2.21. The molecule has 0 saturated carbocycles. The van der Waals surface area contributed by atoms with Gasteiger partial charge in [0.1, 0.15) is 12.4 Å².